The fourth-order valence-electron chi connectivity index (χ4n) is 0.516. The van der Waals surface area contributed by atoms with E-state index < -0.39 is 0 Å². The number of hydrogen-bond donors (Lipinski definition) is 0. The Kier molecular flexibility index (Phi) is 12.1. The quantitative estimate of drug-likeness (QED) is 0.535. The van der Waals surface area contributed by atoms with E-state index in [2.05, 4.69) is 22.6 Å². The summed E-state index contributed by atoms with van der Waals surface area (Å²) in [5.41, 5.74) is 0.451. The van der Waals surface area contributed by atoms with Gasteiger partial charge in [-0.2, -0.15) is 0 Å². The summed E-state index contributed by atoms with van der Waals surface area (Å²) in [6.07, 6.45) is 2.02. The largest absolute Gasteiger partial charge is 0.463 e. The Morgan fingerprint density at radius 3 is 2.06 bits per heavy atom. The number of hydrogen-bond acceptors (Lipinski definition) is 4. The van der Waals surface area contributed by atoms with Crippen LogP contribution in [-0.2, 0) is 19.1 Å². The van der Waals surface area contributed by atoms with E-state index in [9.17, 15) is 9.59 Å². The van der Waals surface area contributed by atoms with Gasteiger partial charge in [0.25, 0.3) is 0 Å². The van der Waals surface area contributed by atoms with E-state index in [0.29, 0.717) is 18.8 Å². The molecule has 16 heavy (non-hydrogen) atoms. The van der Waals surface area contributed by atoms with E-state index >= 15 is 0 Å². The lowest BCUT2D eigenvalue weighted by atomic mass is 10.4. The summed E-state index contributed by atoms with van der Waals surface area (Å²) in [5.74, 6) is -0.653. The first-order chi connectivity index (χ1) is 7.49. The lowest BCUT2D eigenvalue weighted by Gasteiger charge is -1.96. The van der Waals surface area contributed by atoms with Gasteiger partial charge in [0, 0.05) is 11.6 Å². The number of ether oxygens (including phenoxy) is 2. The molecule has 0 bridgehead atoms. The third-order valence-electron chi connectivity index (χ3n) is 1.24. The van der Waals surface area contributed by atoms with Crippen molar-refractivity contribution in [1.82, 2.24) is 0 Å². The highest BCUT2D eigenvalue weighted by Gasteiger charge is 1.98. The van der Waals surface area contributed by atoms with E-state index in [1.54, 1.807) is 13.8 Å². The summed E-state index contributed by atoms with van der Waals surface area (Å²) in [4.78, 5) is 20.7. The summed E-state index contributed by atoms with van der Waals surface area (Å²) in [7, 11) is 0. The van der Waals surface area contributed by atoms with Crippen LogP contribution >= 0.6 is 0 Å². The topological polar surface area (TPSA) is 52.6 Å². The van der Waals surface area contributed by atoms with Crippen LogP contribution < -0.4 is 0 Å². The molecule has 0 heterocycles. The zero-order valence-electron chi connectivity index (χ0n) is 10.2. The summed E-state index contributed by atoms with van der Waals surface area (Å²) >= 11 is 0. The van der Waals surface area contributed by atoms with Crippen molar-refractivity contribution in [1.29, 1.82) is 0 Å². The zero-order chi connectivity index (χ0) is 13.0. The van der Waals surface area contributed by atoms with Crippen molar-refractivity contribution in [2.75, 3.05) is 13.2 Å². The molecule has 0 aliphatic carbocycles. The molecule has 0 saturated carbocycles. The predicted molar refractivity (Wildman–Crippen MR) is 62.9 cm³/mol. The Morgan fingerprint density at radius 2 is 1.81 bits per heavy atom. The van der Waals surface area contributed by atoms with Crippen molar-refractivity contribution in [2.24, 2.45) is 0 Å². The summed E-state index contributed by atoms with van der Waals surface area (Å²) in [6, 6.07) is 0. The van der Waals surface area contributed by atoms with Gasteiger partial charge in [0.1, 0.15) is 0 Å². The lowest BCUT2D eigenvalue weighted by Crippen LogP contribution is -2.03. The first-order valence-corrected chi connectivity index (χ1v) is 5.11. The van der Waals surface area contributed by atoms with Gasteiger partial charge in [0.2, 0.25) is 0 Å². The highest BCUT2D eigenvalue weighted by atomic mass is 16.5. The standard InChI is InChI=1S/2C6H10O2/c1-4-8-6(7)5(2)3;1-3-5-8-6(7)4-2/h2,4H2,1,3H3;4H,2-3,5H2,1H3. The van der Waals surface area contributed by atoms with Crippen molar-refractivity contribution in [3.63, 3.8) is 0 Å². The smallest absolute Gasteiger partial charge is 0.333 e. The van der Waals surface area contributed by atoms with Crippen molar-refractivity contribution >= 4 is 11.9 Å². The summed E-state index contributed by atoms with van der Waals surface area (Å²) < 4.78 is 9.15. The molecule has 0 spiro atoms. The van der Waals surface area contributed by atoms with E-state index in [1.807, 2.05) is 6.92 Å². The first kappa shape index (κ1) is 16.8. The van der Waals surface area contributed by atoms with E-state index in [-0.39, 0.29) is 11.9 Å². The molecule has 0 rings (SSSR count). The molecule has 0 aromatic heterocycles. The summed E-state index contributed by atoms with van der Waals surface area (Å²) in [6.45, 7) is 12.9. The van der Waals surface area contributed by atoms with Crippen LogP contribution in [0.2, 0.25) is 0 Å². The molecule has 0 amide bonds. The monoisotopic (exact) mass is 228 g/mol. The van der Waals surface area contributed by atoms with Gasteiger partial charge in [0.05, 0.1) is 13.2 Å². The minimum Gasteiger partial charge on any atom is -0.463 e. The molecular formula is C12H20O4. The average molecular weight is 228 g/mol. The highest BCUT2D eigenvalue weighted by Crippen LogP contribution is 1.89. The minimum absolute atomic E-state index is 0.312. The molecule has 92 valence electrons. The third-order valence-corrected chi connectivity index (χ3v) is 1.24. The highest BCUT2D eigenvalue weighted by molar-refractivity contribution is 5.86. The molecule has 0 aromatic rings. The van der Waals surface area contributed by atoms with Crippen LogP contribution in [0.1, 0.15) is 27.2 Å². The maximum absolute atomic E-state index is 10.4. The maximum Gasteiger partial charge on any atom is 0.333 e. The van der Waals surface area contributed by atoms with Crippen LogP contribution in [0.25, 0.3) is 0 Å². The van der Waals surface area contributed by atoms with E-state index in [0.717, 1.165) is 12.5 Å². The second-order valence-corrected chi connectivity index (χ2v) is 2.87. The van der Waals surface area contributed by atoms with Gasteiger partial charge in [-0.05, 0) is 20.3 Å². The molecule has 4 heteroatoms. The van der Waals surface area contributed by atoms with Crippen LogP contribution in [0.15, 0.2) is 24.8 Å². The van der Waals surface area contributed by atoms with Crippen LogP contribution in [-0.4, -0.2) is 25.2 Å². The predicted octanol–water partition coefficient (Wildman–Crippen LogP) is 2.25. The van der Waals surface area contributed by atoms with Crippen LogP contribution in [0.4, 0.5) is 0 Å². The second kappa shape index (κ2) is 11.5. The van der Waals surface area contributed by atoms with E-state index in [1.165, 1.54) is 0 Å². The van der Waals surface area contributed by atoms with Gasteiger partial charge < -0.3 is 9.47 Å². The Labute approximate surface area is 96.9 Å². The Hall–Kier alpha value is -1.58. The molecule has 0 N–H and O–H groups in total. The molecule has 0 aliphatic rings. The van der Waals surface area contributed by atoms with Crippen molar-refractivity contribution in [2.45, 2.75) is 27.2 Å². The normalized spacial score (nSPS) is 8.19. The first-order valence-electron chi connectivity index (χ1n) is 5.11. The molecule has 0 unspecified atom stereocenters. The molecular weight excluding hydrogens is 208 g/mol. The fraction of sp³-hybridized carbons (Fsp3) is 0.500. The van der Waals surface area contributed by atoms with Gasteiger partial charge >= 0.3 is 11.9 Å². The maximum atomic E-state index is 10.4. The fourth-order valence-corrected chi connectivity index (χ4v) is 0.516. The molecule has 4 nitrogen and oxygen atoms in total. The van der Waals surface area contributed by atoms with Gasteiger partial charge in [0.15, 0.2) is 0 Å². The number of carbonyl (C=O) groups excluding carboxylic acids is 2. The Bertz CT molecular complexity index is 241. The van der Waals surface area contributed by atoms with Crippen LogP contribution in [0.5, 0.6) is 0 Å². The SMILES string of the molecule is C=C(C)C(=O)OCC.C=CC(=O)OCCC. The minimum atomic E-state index is -0.341. The van der Waals surface area contributed by atoms with Gasteiger partial charge in [-0.3, -0.25) is 0 Å². The number of carbonyl (C=O) groups is 2. The molecule has 0 aliphatic heterocycles. The third kappa shape index (κ3) is 12.4. The van der Waals surface area contributed by atoms with Crippen molar-refractivity contribution in [3.8, 4) is 0 Å². The lowest BCUT2D eigenvalue weighted by molar-refractivity contribution is -0.139. The summed E-state index contributed by atoms with van der Waals surface area (Å²) in [5, 5.41) is 0. The molecule has 0 saturated heterocycles. The Balaban J connectivity index is 0. The Morgan fingerprint density at radius 1 is 1.25 bits per heavy atom. The average Bonchev–Trinajstić information content (AvgIpc) is 2.27. The number of rotatable bonds is 5. The van der Waals surface area contributed by atoms with Gasteiger partial charge in [-0.25, -0.2) is 9.59 Å². The number of esters is 2. The van der Waals surface area contributed by atoms with Crippen LogP contribution in [0, 0.1) is 0 Å². The van der Waals surface area contributed by atoms with Gasteiger partial charge in [-0.15, -0.1) is 0 Å². The van der Waals surface area contributed by atoms with E-state index in [4.69, 9.17) is 0 Å². The zero-order valence-corrected chi connectivity index (χ0v) is 10.2. The van der Waals surface area contributed by atoms with Crippen LogP contribution in [0.3, 0.4) is 0 Å². The van der Waals surface area contributed by atoms with Crippen molar-refractivity contribution in [3.05, 3.63) is 24.8 Å². The molecule has 0 aromatic carbocycles. The molecule has 0 radical (unpaired) electrons. The van der Waals surface area contributed by atoms with Crippen molar-refractivity contribution < 1.29 is 19.1 Å². The second-order valence-electron chi connectivity index (χ2n) is 2.87. The van der Waals surface area contributed by atoms with Gasteiger partial charge in [-0.1, -0.05) is 20.1 Å². The molecule has 0 fully saturated rings. The molecule has 0 atom stereocenters.